The second-order valence-corrected chi connectivity index (χ2v) is 18.1. The Labute approximate surface area is 425 Å². The van der Waals surface area contributed by atoms with E-state index in [0.29, 0.717) is 36.9 Å². The summed E-state index contributed by atoms with van der Waals surface area (Å²) in [6.07, 6.45) is -0.0772. The van der Waals surface area contributed by atoms with Crippen molar-refractivity contribution in [3.63, 3.8) is 0 Å². The predicted octanol–water partition coefficient (Wildman–Crippen LogP) is -3.43. The summed E-state index contributed by atoms with van der Waals surface area (Å²) < 4.78 is 0. The van der Waals surface area contributed by atoms with Gasteiger partial charge in [-0.25, -0.2) is 4.79 Å². The molecule has 0 radical (unpaired) electrons. The van der Waals surface area contributed by atoms with E-state index in [1.807, 2.05) is 0 Å². The fourth-order valence-electron chi connectivity index (χ4n) is 8.48. The highest BCUT2D eigenvalue weighted by atomic mass is 16.4. The molecule has 2 aromatic carbocycles. The number of aliphatic hydroxyl groups is 1. The van der Waals surface area contributed by atoms with Gasteiger partial charge in [-0.1, -0.05) is 48.9 Å². The van der Waals surface area contributed by atoms with Crippen LogP contribution in [0.2, 0.25) is 0 Å². The monoisotopic (exact) mass is 1040 g/mol. The van der Waals surface area contributed by atoms with Crippen LogP contribution in [0.1, 0.15) is 75.8 Å². The van der Waals surface area contributed by atoms with E-state index in [0.717, 1.165) is 4.90 Å². The molecule has 0 bridgehead atoms. The molecule has 404 valence electrons. The zero-order valence-corrected chi connectivity index (χ0v) is 40.8. The number of benzene rings is 2. The molecule has 2 aliphatic rings. The number of likely N-dealkylation sites (tertiary alicyclic amines) is 2. The smallest absolute Gasteiger partial charge is 0.326 e. The number of carbonyl (C=O) groups excluding carboxylic acids is 8. The molecule has 0 unspecified atom stereocenters. The molecular formula is C48H66N10O16. The molecule has 74 heavy (non-hydrogen) atoms. The summed E-state index contributed by atoms with van der Waals surface area (Å²) in [5.41, 5.74) is 12.5. The Morgan fingerprint density at radius 3 is 1.62 bits per heavy atom. The fourth-order valence-corrected chi connectivity index (χ4v) is 8.48. The van der Waals surface area contributed by atoms with Crippen molar-refractivity contribution in [3.05, 3.63) is 65.7 Å². The normalized spacial score (nSPS) is 18.0. The zero-order valence-electron chi connectivity index (χ0n) is 40.8. The number of phenolic OH excluding ortho intramolecular Hbond substituents is 1. The average Bonchev–Trinajstić information content (AvgIpc) is 4.06. The van der Waals surface area contributed by atoms with Crippen molar-refractivity contribution in [2.45, 2.75) is 132 Å². The Kier molecular flexibility index (Phi) is 22.7. The first kappa shape index (κ1) is 58.9. The Hall–Kier alpha value is -7.71. The topological polar surface area (TPSA) is 420 Å². The van der Waals surface area contributed by atoms with Gasteiger partial charge >= 0.3 is 17.9 Å². The number of carboxylic acids is 3. The standard InChI is InChI=1S/C48H66N10O16/c1-26(40(65)53-32(21-27-9-3-2-4-10-27)46(71)57-19-7-12-36(57)44(69)55-34(48(73)74)22-28-14-16-29(60)17-15-28)51-42(67)31(23-38(61)62)52-43(68)35(25-59)56-45(70)37-13-8-20-58(37)47(72)33(24-39(63)64)54-41(66)30(50)11-5-6-18-49/h2-4,9-10,14-17,26,30-37,59-60H,5-8,11-13,18-25,49-50H2,1H3,(H,51,67)(H,52,68)(H,53,65)(H,54,66)(H,55,69)(H,56,70)(H,61,62)(H,63,64)(H,73,74)/t26-,30-,31-,32-,33-,34-,35-,36-,37-/m0/s1. The first-order valence-corrected chi connectivity index (χ1v) is 24.1. The Morgan fingerprint density at radius 1 is 0.595 bits per heavy atom. The summed E-state index contributed by atoms with van der Waals surface area (Å²) >= 11 is 0. The van der Waals surface area contributed by atoms with Crippen LogP contribution in [-0.2, 0) is 65.6 Å². The third kappa shape index (κ3) is 17.5. The van der Waals surface area contributed by atoms with Crippen molar-refractivity contribution >= 4 is 65.2 Å². The van der Waals surface area contributed by atoms with Crippen LogP contribution in [0.3, 0.4) is 0 Å². The number of amides is 8. The lowest BCUT2D eigenvalue weighted by Crippen LogP contribution is -2.60. The second-order valence-electron chi connectivity index (χ2n) is 18.1. The second kappa shape index (κ2) is 28.5. The largest absolute Gasteiger partial charge is 0.508 e. The summed E-state index contributed by atoms with van der Waals surface area (Å²) in [6, 6.07) is 1.06. The van der Waals surface area contributed by atoms with Crippen LogP contribution in [0.15, 0.2) is 54.6 Å². The van der Waals surface area contributed by atoms with E-state index in [1.54, 1.807) is 30.3 Å². The van der Waals surface area contributed by atoms with Crippen molar-refractivity contribution in [2.75, 3.05) is 26.2 Å². The van der Waals surface area contributed by atoms with Gasteiger partial charge in [0.2, 0.25) is 47.3 Å². The number of nitrogens with one attached hydrogen (secondary N) is 6. The number of aliphatic hydroxyl groups excluding tert-OH is 1. The number of aliphatic carboxylic acids is 3. The molecule has 2 aromatic rings. The summed E-state index contributed by atoms with van der Waals surface area (Å²) in [6.45, 7) is 0.492. The van der Waals surface area contributed by atoms with Crippen molar-refractivity contribution < 1.29 is 78.3 Å². The van der Waals surface area contributed by atoms with Crippen LogP contribution in [0.5, 0.6) is 5.75 Å². The van der Waals surface area contributed by atoms with Gasteiger partial charge in [0.1, 0.15) is 54.1 Å². The van der Waals surface area contributed by atoms with Crippen LogP contribution < -0.4 is 43.4 Å². The number of phenols is 1. The lowest BCUT2D eigenvalue weighted by Gasteiger charge is -2.30. The van der Waals surface area contributed by atoms with Gasteiger partial charge in [0.05, 0.1) is 25.5 Å². The van der Waals surface area contributed by atoms with E-state index in [1.165, 1.54) is 36.1 Å². The maximum Gasteiger partial charge on any atom is 0.326 e. The molecule has 15 N–H and O–H groups in total. The molecule has 0 aliphatic carbocycles. The van der Waals surface area contributed by atoms with Gasteiger partial charge < -0.3 is 78.7 Å². The molecule has 26 nitrogen and oxygen atoms in total. The van der Waals surface area contributed by atoms with Gasteiger partial charge in [0.15, 0.2) is 0 Å². The number of hydrogen-bond donors (Lipinski definition) is 13. The van der Waals surface area contributed by atoms with E-state index in [2.05, 4.69) is 31.9 Å². The Morgan fingerprint density at radius 2 is 1.08 bits per heavy atom. The molecule has 26 heteroatoms. The minimum atomic E-state index is -1.91. The highest BCUT2D eigenvalue weighted by Gasteiger charge is 2.42. The summed E-state index contributed by atoms with van der Waals surface area (Å²) in [4.78, 5) is 147. The van der Waals surface area contributed by atoms with Crippen molar-refractivity contribution in [2.24, 2.45) is 11.5 Å². The number of aromatic hydroxyl groups is 1. The molecule has 0 spiro atoms. The number of carboxylic acid groups (broad SMARTS) is 3. The summed E-state index contributed by atoms with van der Waals surface area (Å²) in [5, 5.41) is 63.0. The molecule has 2 heterocycles. The van der Waals surface area contributed by atoms with Crippen LogP contribution in [0, 0.1) is 0 Å². The average molecular weight is 1040 g/mol. The molecule has 4 rings (SSSR count). The first-order chi connectivity index (χ1) is 35.1. The Balaban J connectivity index is 1.43. The third-order valence-electron chi connectivity index (χ3n) is 12.4. The van der Waals surface area contributed by atoms with Crippen molar-refractivity contribution in [1.29, 1.82) is 0 Å². The lowest BCUT2D eigenvalue weighted by atomic mass is 10.0. The van der Waals surface area contributed by atoms with Crippen LogP contribution in [0.25, 0.3) is 0 Å². The number of unbranched alkanes of at least 4 members (excludes halogenated alkanes) is 1. The molecule has 2 saturated heterocycles. The fraction of sp³-hybridized carbons (Fsp3) is 0.521. The third-order valence-corrected chi connectivity index (χ3v) is 12.4. The minimum absolute atomic E-state index is 0.0235. The van der Waals surface area contributed by atoms with E-state index < -0.39 is 139 Å². The SMILES string of the molecule is C[C@H](NC(=O)[C@H](CC(=O)O)NC(=O)[C@H](CO)NC(=O)[C@@H]1CCCN1C(=O)[C@H](CC(=O)O)NC(=O)[C@@H](N)CCCCN)C(=O)N[C@@H](Cc1ccccc1)C(=O)N1CCC[C@H]1C(=O)N[C@@H](Cc1ccc(O)cc1)C(=O)O. The highest BCUT2D eigenvalue weighted by Crippen LogP contribution is 2.22. The van der Waals surface area contributed by atoms with E-state index in [9.17, 15) is 78.3 Å². The first-order valence-electron chi connectivity index (χ1n) is 24.1. The summed E-state index contributed by atoms with van der Waals surface area (Å²) in [7, 11) is 0. The maximum atomic E-state index is 14.3. The van der Waals surface area contributed by atoms with Gasteiger partial charge in [-0.05, 0) is 75.3 Å². The van der Waals surface area contributed by atoms with E-state index >= 15 is 0 Å². The van der Waals surface area contributed by atoms with Crippen LogP contribution >= 0.6 is 0 Å². The number of rotatable bonds is 28. The number of hydrogen-bond acceptors (Lipinski definition) is 15. The van der Waals surface area contributed by atoms with Crippen LogP contribution in [-0.4, -0.2) is 181 Å². The van der Waals surface area contributed by atoms with Gasteiger partial charge in [0, 0.05) is 25.9 Å². The van der Waals surface area contributed by atoms with Gasteiger partial charge in [-0.15, -0.1) is 0 Å². The molecule has 2 aliphatic heterocycles. The van der Waals surface area contributed by atoms with Gasteiger partial charge in [-0.2, -0.15) is 0 Å². The molecule has 0 saturated carbocycles. The maximum absolute atomic E-state index is 14.3. The molecule has 2 fully saturated rings. The predicted molar refractivity (Wildman–Crippen MR) is 259 cm³/mol. The van der Waals surface area contributed by atoms with Crippen molar-refractivity contribution in [3.8, 4) is 5.75 Å². The van der Waals surface area contributed by atoms with Gasteiger partial charge in [-0.3, -0.25) is 47.9 Å². The number of nitrogens with zero attached hydrogens (tertiary/aromatic N) is 2. The summed E-state index contributed by atoms with van der Waals surface area (Å²) in [5.74, 6) is -12.0. The van der Waals surface area contributed by atoms with Crippen LogP contribution in [0.4, 0.5) is 0 Å². The lowest BCUT2D eigenvalue weighted by molar-refractivity contribution is -0.146. The van der Waals surface area contributed by atoms with E-state index in [-0.39, 0.29) is 57.4 Å². The number of nitrogens with two attached hydrogens (primary N) is 2. The molecule has 0 aromatic heterocycles. The number of carbonyl (C=O) groups is 11. The van der Waals surface area contributed by atoms with E-state index in [4.69, 9.17) is 11.5 Å². The zero-order chi connectivity index (χ0) is 54.6. The van der Waals surface area contributed by atoms with Gasteiger partial charge in [0.25, 0.3) is 0 Å². The minimum Gasteiger partial charge on any atom is -0.508 e. The van der Waals surface area contributed by atoms with Crippen molar-refractivity contribution in [1.82, 2.24) is 41.7 Å². The molecule has 8 amide bonds. The molecule has 9 atom stereocenters. The highest BCUT2D eigenvalue weighted by molar-refractivity contribution is 5.99. The Bertz CT molecular complexity index is 2340. The molecular weight excluding hydrogens is 973 g/mol. The quantitative estimate of drug-likeness (QED) is 0.0369.